The van der Waals surface area contributed by atoms with E-state index in [1.54, 1.807) is 0 Å². The van der Waals surface area contributed by atoms with Crippen molar-refractivity contribution >= 4 is 17.1 Å². The normalized spacial score (nSPS) is 11.0. The van der Waals surface area contributed by atoms with Crippen LogP contribution in [-0.2, 0) is 25.4 Å². The van der Waals surface area contributed by atoms with Crippen molar-refractivity contribution in [3.05, 3.63) is 27.2 Å². The molecule has 0 aliphatic rings. The Bertz CT molecular complexity index is 737. The summed E-state index contributed by atoms with van der Waals surface area (Å²) >= 11 is 0. The lowest BCUT2D eigenvalue weighted by Gasteiger charge is -2.06. The highest BCUT2D eigenvalue weighted by atomic mass is 16.4. The zero-order chi connectivity index (χ0) is 13.4. The number of rotatable bonds is 3. The number of carboxylic acids is 1. The molecule has 2 heterocycles. The second-order valence-electron chi connectivity index (χ2n) is 3.94. The molecule has 0 radical (unpaired) electrons. The number of carboxylic acid groups (broad SMARTS) is 1. The summed E-state index contributed by atoms with van der Waals surface area (Å²) in [5.41, 5.74) is -0.524. The summed E-state index contributed by atoms with van der Waals surface area (Å²) in [5.74, 6) is -1.21. The van der Waals surface area contributed by atoms with Crippen molar-refractivity contribution in [2.24, 2.45) is 14.1 Å². The van der Waals surface area contributed by atoms with Gasteiger partial charge in [-0.05, 0) is 0 Å². The predicted molar refractivity (Wildman–Crippen MR) is 59.8 cm³/mol. The van der Waals surface area contributed by atoms with Crippen LogP contribution in [0.2, 0.25) is 0 Å². The van der Waals surface area contributed by atoms with Crippen molar-refractivity contribution in [2.75, 3.05) is 0 Å². The topological polar surface area (TPSA) is 102 Å². The molecule has 0 bridgehead atoms. The van der Waals surface area contributed by atoms with Gasteiger partial charge in [0.25, 0.3) is 5.56 Å². The molecule has 2 rings (SSSR count). The van der Waals surface area contributed by atoms with Gasteiger partial charge in [0.05, 0.1) is 6.33 Å². The summed E-state index contributed by atoms with van der Waals surface area (Å²) in [6.45, 7) is 0.0757. The number of aliphatic carboxylic acids is 1. The Morgan fingerprint density at radius 1 is 1.33 bits per heavy atom. The fourth-order valence-corrected chi connectivity index (χ4v) is 1.78. The van der Waals surface area contributed by atoms with Crippen molar-refractivity contribution in [3.8, 4) is 0 Å². The van der Waals surface area contributed by atoms with Crippen LogP contribution in [0, 0.1) is 0 Å². The molecule has 0 N–H and O–H groups in total. The molecule has 96 valence electrons. The molecule has 2 aromatic rings. The van der Waals surface area contributed by atoms with E-state index in [4.69, 9.17) is 0 Å². The van der Waals surface area contributed by atoms with Crippen molar-refractivity contribution in [1.82, 2.24) is 18.7 Å². The largest absolute Gasteiger partial charge is 0.550 e. The Labute approximate surface area is 101 Å². The van der Waals surface area contributed by atoms with Gasteiger partial charge in [-0.3, -0.25) is 13.9 Å². The van der Waals surface area contributed by atoms with E-state index in [0.717, 1.165) is 4.57 Å². The zero-order valence-corrected chi connectivity index (χ0v) is 9.91. The lowest BCUT2D eigenvalue weighted by Crippen LogP contribution is -2.37. The van der Waals surface area contributed by atoms with Crippen LogP contribution in [-0.4, -0.2) is 24.7 Å². The molecule has 8 nitrogen and oxygen atoms in total. The second-order valence-corrected chi connectivity index (χ2v) is 3.94. The quantitative estimate of drug-likeness (QED) is 0.603. The van der Waals surface area contributed by atoms with Crippen molar-refractivity contribution in [1.29, 1.82) is 0 Å². The SMILES string of the molecule is Cn1c(=O)c2c(ncn2CCC(=O)[O-])n(C)c1=O. The van der Waals surface area contributed by atoms with E-state index in [-0.39, 0.29) is 24.1 Å². The van der Waals surface area contributed by atoms with Crippen LogP contribution < -0.4 is 16.4 Å². The Balaban J connectivity index is 2.70. The molecule has 0 amide bonds. The minimum atomic E-state index is -1.21. The summed E-state index contributed by atoms with van der Waals surface area (Å²) < 4.78 is 3.61. The summed E-state index contributed by atoms with van der Waals surface area (Å²) in [6, 6.07) is 0. The van der Waals surface area contributed by atoms with Gasteiger partial charge in [0, 0.05) is 33.0 Å². The lowest BCUT2D eigenvalue weighted by atomic mass is 10.4. The first-order valence-corrected chi connectivity index (χ1v) is 5.24. The average molecular weight is 251 g/mol. The van der Waals surface area contributed by atoms with E-state index in [0.29, 0.717) is 0 Å². The van der Waals surface area contributed by atoms with E-state index >= 15 is 0 Å². The predicted octanol–water partition coefficient (Wildman–Crippen LogP) is -2.43. The minimum absolute atomic E-state index is 0.0757. The highest BCUT2D eigenvalue weighted by molar-refractivity contribution is 5.70. The Kier molecular flexibility index (Phi) is 2.77. The molecular weight excluding hydrogens is 240 g/mol. The number of hydrogen-bond acceptors (Lipinski definition) is 5. The van der Waals surface area contributed by atoms with Gasteiger partial charge < -0.3 is 14.5 Å². The van der Waals surface area contributed by atoms with E-state index < -0.39 is 17.2 Å². The number of hydrogen-bond donors (Lipinski definition) is 0. The fraction of sp³-hybridized carbons (Fsp3) is 0.400. The standard InChI is InChI=1S/C10H12N4O4/c1-12-8-7(9(17)13(2)10(12)18)14(5-11-8)4-3-6(15)16/h5H,3-4H2,1-2H3,(H,15,16)/p-1. The van der Waals surface area contributed by atoms with Crippen LogP contribution in [0.25, 0.3) is 11.2 Å². The number of aromatic nitrogens is 4. The molecule has 0 fully saturated rings. The minimum Gasteiger partial charge on any atom is -0.550 e. The Morgan fingerprint density at radius 2 is 2.00 bits per heavy atom. The number of carbonyl (C=O) groups is 1. The van der Waals surface area contributed by atoms with Crippen molar-refractivity contribution in [2.45, 2.75) is 13.0 Å². The molecule has 0 unspecified atom stereocenters. The monoisotopic (exact) mass is 251 g/mol. The third kappa shape index (κ3) is 1.71. The van der Waals surface area contributed by atoms with Gasteiger partial charge in [0.1, 0.15) is 0 Å². The van der Waals surface area contributed by atoms with Crippen LogP contribution >= 0.6 is 0 Å². The molecule has 0 aliphatic heterocycles. The van der Waals surface area contributed by atoms with Crippen molar-refractivity contribution in [3.63, 3.8) is 0 Å². The molecule has 0 saturated heterocycles. The third-order valence-corrected chi connectivity index (χ3v) is 2.77. The van der Waals surface area contributed by atoms with Crippen LogP contribution in [0.15, 0.2) is 15.9 Å². The molecule has 18 heavy (non-hydrogen) atoms. The van der Waals surface area contributed by atoms with Crippen LogP contribution in [0.5, 0.6) is 0 Å². The van der Waals surface area contributed by atoms with Gasteiger partial charge in [0.2, 0.25) is 0 Å². The van der Waals surface area contributed by atoms with Gasteiger partial charge >= 0.3 is 5.69 Å². The van der Waals surface area contributed by atoms with E-state index in [1.807, 2.05) is 0 Å². The maximum atomic E-state index is 12.0. The molecule has 0 atom stereocenters. The highest BCUT2D eigenvalue weighted by Gasteiger charge is 2.13. The maximum absolute atomic E-state index is 12.0. The molecular formula is C10H11N4O4-. The van der Waals surface area contributed by atoms with E-state index in [1.165, 1.54) is 29.6 Å². The molecule has 0 aromatic carbocycles. The lowest BCUT2D eigenvalue weighted by molar-refractivity contribution is -0.305. The smallest absolute Gasteiger partial charge is 0.332 e. The molecule has 0 spiro atoms. The molecule has 8 heteroatoms. The average Bonchev–Trinajstić information content (AvgIpc) is 2.75. The first-order valence-electron chi connectivity index (χ1n) is 5.24. The van der Waals surface area contributed by atoms with E-state index in [9.17, 15) is 19.5 Å². The van der Waals surface area contributed by atoms with Gasteiger partial charge in [-0.2, -0.15) is 0 Å². The summed E-state index contributed by atoms with van der Waals surface area (Å²) in [6.07, 6.45) is 1.12. The second kappa shape index (κ2) is 4.13. The summed E-state index contributed by atoms with van der Waals surface area (Å²) in [4.78, 5) is 38.0. The van der Waals surface area contributed by atoms with Crippen LogP contribution in [0.4, 0.5) is 0 Å². The zero-order valence-electron chi connectivity index (χ0n) is 9.91. The number of fused-ring (bicyclic) bond motifs is 1. The van der Waals surface area contributed by atoms with Crippen molar-refractivity contribution < 1.29 is 9.90 Å². The summed E-state index contributed by atoms with van der Waals surface area (Å²) in [7, 11) is 2.86. The number of imidazole rings is 1. The number of nitrogens with zero attached hydrogens (tertiary/aromatic N) is 4. The maximum Gasteiger partial charge on any atom is 0.332 e. The van der Waals surface area contributed by atoms with Gasteiger partial charge in [-0.25, -0.2) is 9.78 Å². The Morgan fingerprint density at radius 3 is 2.61 bits per heavy atom. The first-order chi connectivity index (χ1) is 8.43. The highest BCUT2D eigenvalue weighted by Crippen LogP contribution is 2.05. The first kappa shape index (κ1) is 12.1. The fourth-order valence-electron chi connectivity index (χ4n) is 1.78. The van der Waals surface area contributed by atoms with Gasteiger partial charge in [-0.15, -0.1) is 0 Å². The summed E-state index contributed by atoms with van der Waals surface area (Å²) in [5, 5.41) is 10.4. The van der Waals surface area contributed by atoms with Gasteiger partial charge in [0.15, 0.2) is 11.2 Å². The molecule has 0 aliphatic carbocycles. The third-order valence-electron chi connectivity index (χ3n) is 2.77. The van der Waals surface area contributed by atoms with Crippen LogP contribution in [0.1, 0.15) is 6.42 Å². The van der Waals surface area contributed by atoms with Gasteiger partial charge in [-0.1, -0.05) is 0 Å². The van der Waals surface area contributed by atoms with Crippen LogP contribution in [0.3, 0.4) is 0 Å². The molecule has 2 aromatic heterocycles. The van der Waals surface area contributed by atoms with E-state index in [2.05, 4.69) is 4.98 Å². The Hall–Kier alpha value is -2.38. The number of aryl methyl sites for hydroxylation is 2. The molecule has 0 saturated carbocycles. The number of carbonyl (C=O) groups excluding carboxylic acids is 1.